The Morgan fingerprint density at radius 3 is 2.45 bits per heavy atom. The van der Waals surface area contributed by atoms with E-state index in [1.54, 1.807) is 0 Å². The van der Waals surface area contributed by atoms with Crippen LogP contribution in [0, 0.1) is 33.9 Å². The Morgan fingerprint density at radius 1 is 1.03 bits per heavy atom. The molecule has 2 aliphatic rings. The summed E-state index contributed by atoms with van der Waals surface area (Å²) >= 11 is 1.43. The number of carbonyl (C=O) groups is 1. The second-order valence-corrected chi connectivity index (χ2v) is 8.68. The van der Waals surface area contributed by atoms with Crippen LogP contribution in [0.25, 0.3) is 6.08 Å². The van der Waals surface area contributed by atoms with Crippen LogP contribution >= 0.6 is 11.3 Å². The van der Waals surface area contributed by atoms with Crippen LogP contribution in [0.1, 0.15) is 38.3 Å². The van der Waals surface area contributed by atoms with Crippen LogP contribution in [-0.4, -0.2) is 16.7 Å². The third-order valence-corrected chi connectivity index (χ3v) is 7.15. The Balaban J connectivity index is 1.75. The third-order valence-electron chi connectivity index (χ3n) is 6.19. The van der Waals surface area contributed by atoms with E-state index in [1.807, 2.05) is 59.0 Å². The van der Waals surface area contributed by atoms with Crippen molar-refractivity contribution in [3.05, 3.63) is 99.6 Å². The van der Waals surface area contributed by atoms with E-state index in [1.165, 1.54) is 35.6 Å². The number of rotatable bonds is 3. The lowest BCUT2D eigenvalue weighted by Crippen LogP contribution is -2.37. The maximum Gasteiger partial charge on any atom is 0.185 e. The number of thiophene rings is 1. The number of carbonyl (C=O) groups excluding carboxylic acids is 1. The molecule has 2 aliphatic heterocycles. The molecule has 3 aromatic rings. The number of nitriles is 2. The van der Waals surface area contributed by atoms with Crippen LogP contribution in [0.3, 0.4) is 0 Å². The molecule has 0 radical (unpaired) electrons. The number of nitrogens with zero attached hydrogens (tertiary/aromatic N) is 3. The molecule has 31 heavy (non-hydrogen) atoms. The highest BCUT2D eigenvalue weighted by Crippen LogP contribution is 2.60. The Kier molecular flexibility index (Phi) is 4.46. The molecule has 0 unspecified atom stereocenters. The van der Waals surface area contributed by atoms with Crippen LogP contribution in [0.2, 0.25) is 0 Å². The van der Waals surface area contributed by atoms with Gasteiger partial charge in [-0.1, -0.05) is 30.3 Å². The van der Waals surface area contributed by atoms with Crippen LogP contribution in [-0.2, 0) is 0 Å². The van der Waals surface area contributed by atoms with E-state index in [9.17, 15) is 19.7 Å². The quantitative estimate of drug-likeness (QED) is 0.534. The average molecular weight is 425 g/mol. The number of hydrogen-bond acceptors (Lipinski definition) is 5. The normalized spacial score (nSPS) is 22.8. The topological polar surface area (TPSA) is 67.9 Å². The molecule has 3 atom stereocenters. The van der Waals surface area contributed by atoms with Crippen molar-refractivity contribution in [2.45, 2.75) is 18.0 Å². The lowest BCUT2D eigenvalue weighted by molar-refractivity contribution is 0.0875. The lowest BCUT2D eigenvalue weighted by Gasteiger charge is -2.34. The summed E-state index contributed by atoms with van der Waals surface area (Å²) in [6.45, 7) is 0. The van der Waals surface area contributed by atoms with Gasteiger partial charge >= 0.3 is 0 Å². The van der Waals surface area contributed by atoms with E-state index >= 15 is 0 Å². The number of Topliss-reactive ketones (excluding diaryl/α,β-unsaturated/α-hetero) is 1. The van der Waals surface area contributed by atoms with Gasteiger partial charge in [0.25, 0.3) is 0 Å². The largest absolute Gasteiger partial charge is 0.357 e. The molecule has 2 aromatic carbocycles. The minimum atomic E-state index is -1.47. The molecule has 1 aromatic heterocycles. The van der Waals surface area contributed by atoms with Crippen molar-refractivity contribution < 1.29 is 9.18 Å². The summed E-state index contributed by atoms with van der Waals surface area (Å²) in [6, 6.07) is 20.1. The van der Waals surface area contributed by atoms with Crippen molar-refractivity contribution in [1.29, 1.82) is 10.5 Å². The molecular weight excluding hydrogens is 409 g/mol. The van der Waals surface area contributed by atoms with Crippen LogP contribution < -0.4 is 0 Å². The molecule has 1 fully saturated rings. The number of hydrogen-bond donors (Lipinski definition) is 0. The van der Waals surface area contributed by atoms with E-state index in [-0.39, 0.29) is 5.78 Å². The van der Waals surface area contributed by atoms with Crippen molar-refractivity contribution in [3.8, 4) is 12.1 Å². The fourth-order valence-corrected chi connectivity index (χ4v) is 5.79. The molecule has 0 amide bonds. The summed E-state index contributed by atoms with van der Waals surface area (Å²) in [4.78, 5) is 16.4. The average Bonchev–Trinajstić information content (AvgIpc) is 3.43. The van der Waals surface area contributed by atoms with Crippen LogP contribution in [0.5, 0.6) is 0 Å². The Labute approximate surface area is 183 Å². The highest BCUT2D eigenvalue weighted by Gasteiger charge is 2.64. The second kappa shape index (κ2) is 7.19. The van der Waals surface area contributed by atoms with Gasteiger partial charge < -0.3 is 4.90 Å². The molecule has 150 valence electrons. The zero-order valence-electron chi connectivity index (χ0n) is 16.3. The maximum absolute atomic E-state index is 13.7. The molecule has 0 N–H and O–H groups in total. The minimum Gasteiger partial charge on any atom is -0.357 e. The van der Waals surface area contributed by atoms with Crippen LogP contribution in [0.15, 0.2) is 72.2 Å². The summed E-state index contributed by atoms with van der Waals surface area (Å²) in [5, 5.41) is 22.6. The molecule has 5 rings (SSSR count). The summed E-state index contributed by atoms with van der Waals surface area (Å²) in [5.74, 6) is -1.31. The van der Waals surface area contributed by atoms with Gasteiger partial charge in [0, 0.05) is 16.6 Å². The Hall–Kier alpha value is -3.74. The van der Waals surface area contributed by atoms with Gasteiger partial charge in [-0.05, 0) is 52.9 Å². The van der Waals surface area contributed by atoms with E-state index in [4.69, 9.17) is 0 Å². The molecule has 0 spiro atoms. The van der Waals surface area contributed by atoms with E-state index in [2.05, 4.69) is 12.1 Å². The van der Waals surface area contributed by atoms with Gasteiger partial charge in [-0.2, -0.15) is 10.5 Å². The summed E-state index contributed by atoms with van der Waals surface area (Å²) in [5.41, 5.74) is 0.666. The third kappa shape index (κ3) is 2.73. The summed E-state index contributed by atoms with van der Waals surface area (Å²) in [7, 11) is 0. The molecule has 0 bridgehead atoms. The summed E-state index contributed by atoms with van der Waals surface area (Å²) in [6.07, 6.45) is 3.73. The zero-order valence-corrected chi connectivity index (χ0v) is 17.1. The van der Waals surface area contributed by atoms with E-state index in [0.29, 0.717) is 5.56 Å². The van der Waals surface area contributed by atoms with Crippen molar-refractivity contribution in [2.75, 3.05) is 0 Å². The second-order valence-electron chi connectivity index (χ2n) is 7.70. The number of fused-ring (bicyclic) bond motifs is 3. The van der Waals surface area contributed by atoms with E-state index < -0.39 is 29.2 Å². The molecular formula is C25H16FN3OS. The Morgan fingerprint density at radius 2 is 1.77 bits per heavy atom. The zero-order chi connectivity index (χ0) is 21.6. The first-order chi connectivity index (χ1) is 15.1. The first kappa shape index (κ1) is 19.2. The maximum atomic E-state index is 13.7. The molecule has 6 heteroatoms. The van der Waals surface area contributed by atoms with Gasteiger partial charge in [-0.3, -0.25) is 4.79 Å². The fourth-order valence-electron chi connectivity index (χ4n) is 4.86. The first-order valence-corrected chi connectivity index (χ1v) is 10.7. The van der Waals surface area contributed by atoms with Crippen molar-refractivity contribution in [2.24, 2.45) is 5.41 Å². The van der Waals surface area contributed by atoms with Crippen molar-refractivity contribution in [1.82, 2.24) is 4.90 Å². The lowest BCUT2D eigenvalue weighted by atomic mass is 9.69. The smallest absolute Gasteiger partial charge is 0.185 e. The van der Waals surface area contributed by atoms with Gasteiger partial charge in [0.15, 0.2) is 11.2 Å². The van der Waals surface area contributed by atoms with Gasteiger partial charge in [0.1, 0.15) is 11.9 Å². The standard InChI is InChI=1S/C25H16FN3OS/c26-18-9-7-17(8-10-18)23(30)22-21(20-6-3-13-31-20)25(14-27,15-28)24-19-5-2-1-4-16(19)11-12-29(22)24/h1-13,21-22,24H/t21-,22-,24-/m0/s1. The first-order valence-electron chi connectivity index (χ1n) is 9.81. The molecule has 1 saturated heterocycles. The highest BCUT2D eigenvalue weighted by molar-refractivity contribution is 7.10. The summed E-state index contributed by atoms with van der Waals surface area (Å²) < 4.78 is 13.5. The predicted octanol–water partition coefficient (Wildman–Crippen LogP) is 5.30. The van der Waals surface area contributed by atoms with Crippen molar-refractivity contribution >= 4 is 23.2 Å². The monoisotopic (exact) mass is 425 g/mol. The predicted molar refractivity (Wildman–Crippen MR) is 115 cm³/mol. The van der Waals surface area contributed by atoms with Gasteiger partial charge in [-0.25, -0.2) is 4.39 Å². The number of halogens is 1. The molecule has 3 heterocycles. The highest BCUT2D eigenvalue weighted by atomic mass is 32.1. The molecule has 4 nitrogen and oxygen atoms in total. The fraction of sp³-hybridized carbons (Fsp3) is 0.160. The van der Waals surface area contributed by atoms with Gasteiger partial charge in [0.2, 0.25) is 0 Å². The molecule has 0 aliphatic carbocycles. The number of ketones is 1. The van der Waals surface area contributed by atoms with Gasteiger partial charge in [-0.15, -0.1) is 11.3 Å². The Bertz CT molecular complexity index is 1250. The minimum absolute atomic E-state index is 0.236. The molecule has 0 saturated carbocycles. The SMILES string of the molecule is N#CC1(C#N)[C@@H]2c3ccccc3C=CN2[C@H](C(=O)c2ccc(F)cc2)[C@@H]1c1cccs1. The van der Waals surface area contributed by atoms with Crippen LogP contribution in [0.4, 0.5) is 4.39 Å². The van der Waals surface area contributed by atoms with Gasteiger partial charge in [0.05, 0.1) is 24.1 Å². The van der Waals surface area contributed by atoms with Crippen molar-refractivity contribution in [3.63, 3.8) is 0 Å². The number of benzene rings is 2. The van der Waals surface area contributed by atoms with E-state index in [0.717, 1.165) is 16.0 Å².